The number of carbonyl (C=O) groups is 1. The number of fused-ring (bicyclic) bond motifs is 1. The van der Waals surface area contributed by atoms with Gasteiger partial charge in [-0.15, -0.1) is 0 Å². The van der Waals surface area contributed by atoms with Crippen molar-refractivity contribution >= 4 is 23.0 Å². The van der Waals surface area contributed by atoms with Crippen LogP contribution in [0.1, 0.15) is 19.4 Å². The minimum atomic E-state index is -2.14. The van der Waals surface area contributed by atoms with Crippen LogP contribution in [-0.2, 0) is 33.2 Å². The molecule has 22 heteroatoms. The molecule has 3 fully saturated rings. The van der Waals surface area contributed by atoms with E-state index in [2.05, 4.69) is 0 Å². The van der Waals surface area contributed by atoms with Gasteiger partial charge in [-0.05, 0) is 55.8 Å². The van der Waals surface area contributed by atoms with Crippen molar-refractivity contribution in [3.63, 3.8) is 0 Å². The first-order valence-electron chi connectivity index (χ1n) is 19.7. The van der Waals surface area contributed by atoms with Crippen LogP contribution in [0.5, 0.6) is 34.5 Å². The molecule has 0 bridgehead atoms. The lowest BCUT2D eigenvalue weighted by Crippen LogP contribution is -2.65. The van der Waals surface area contributed by atoms with Crippen LogP contribution < -0.4 is 10.2 Å². The summed E-state index contributed by atoms with van der Waals surface area (Å²) in [6, 6.07) is 10.7. The van der Waals surface area contributed by atoms with Gasteiger partial charge in [0.25, 0.3) is 0 Å². The highest BCUT2D eigenvalue weighted by atomic mass is 16.8. The Morgan fingerprint density at radius 3 is 1.95 bits per heavy atom. The zero-order valence-electron chi connectivity index (χ0n) is 33.7. The van der Waals surface area contributed by atoms with Gasteiger partial charge in [0, 0.05) is 23.8 Å². The SMILES string of the molecule is C[C@@H]1O[C@@H](OC[C@H]2O[C@@H](Oc3c(-c4ccc(O)c(O)c4)oc4cc(O)cc(O)c4c3=O)[C@H](O[C@@H]3O[C@@H](C)[C@H](O)[C@@H](O)[C@H]3O)[C@@H](O)[C@H]2OC(=O)/C=C\c2ccc(O)cc2)[C@H](O)[C@H](O)[C@H]1O. The van der Waals surface area contributed by atoms with Crippen molar-refractivity contribution in [1.29, 1.82) is 0 Å². The highest BCUT2D eigenvalue weighted by Crippen LogP contribution is 2.40. The van der Waals surface area contributed by atoms with E-state index in [0.717, 1.165) is 30.3 Å². The first-order chi connectivity index (χ1) is 30.3. The number of rotatable bonds is 11. The molecule has 64 heavy (non-hydrogen) atoms. The van der Waals surface area contributed by atoms with Gasteiger partial charge in [-0.1, -0.05) is 12.1 Å². The minimum absolute atomic E-state index is 0.0503. The van der Waals surface area contributed by atoms with E-state index >= 15 is 0 Å². The van der Waals surface area contributed by atoms with Crippen LogP contribution in [0.25, 0.3) is 28.4 Å². The third-order valence-corrected chi connectivity index (χ3v) is 10.9. The van der Waals surface area contributed by atoms with E-state index in [-0.39, 0.29) is 16.9 Å². The summed E-state index contributed by atoms with van der Waals surface area (Å²) >= 11 is 0. The molecule has 0 unspecified atom stereocenters. The van der Waals surface area contributed by atoms with Gasteiger partial charge in [-0.3, -0.25) is 4.79 Å². The summed E-state index contributed by atoms with van der Waals surface area (Å²) in [5, 5.41) is 126. The van der Waals surface area contributed by atoms with Gasteiger partial charge >= 0.3 is 5.97 Å². The molecule has 0 saturated carbocycles. The molecule has 0 spiro atoms. The number of esters is 1. The molecule has 4 heterocycles. The van der Waals surface area contributed by atoms with Crippen molar-refractivity contribution in [2.45, 2.75) is 106 Å². The van der Waals surface area contributed by atoms with Crippen molar-refractivity contribution in [3.8, 4) is 45.8 Å². The fraction of sp³-hybridized carbons (Fsp3) is 0.429. The molecular formula is C42H46O22. The second kappa shape index (κ2) is 18.9. The summed E-state index contributed by atoms with van der Waals surface area (Å²) < 4.78 is 46.9. The number of phenols is 5. The number of benzene rings is 3. The van der Waals surface area contributed by atoms with E-state index in [4.69, 9.17) is 37.6 Å². The molecule has 12 N–H and O–H groups in total. The Morgan fingerprint density at radius 2 is 1.30 bits per heavy atom. The van der Waals surface area contributed by atoms with Gasteiger partial charge in [-0.25, -0.2) is 4.79 Å². The summed E-state index contributed by atoms with van der Waals surface area (Å²) in [5.74, 6) is -5.05. The second-order valence-electron chi connectivity index (χ2n) is 15.4. The quantitative estimate of drug-likeness (QED) is 0.0495. The third-order valence-electron chi connectivity index (χ3n) is 10.9. The molecule has 3 aliphatic rings. The molecule has 0 radical (unpaired) electrons. The number of hydrogen-bond donors (Lipinski definition) is 12. The van der Waals surface area contributed by atoms with Gasteiger partial charge in [0.15, 0.2) is 42.0 Å². The standard InChI is InChI=1S/C42H46O22/c1-15-28(49)31(52)33(54)40(58-15)57-14-25-37(62-26(48)10-5-17-3-7-19(43)8-4-17)35(56)39(64-41-34(55)32(53)29(50)16(2)59-41)42(61-25)63-38-30(51)27-23(47)12-20(44)13-24(27)60-36(38)18-6-9-21(45)22(46)11-18/h3-13,15-16,25,28-29,31-35,37,39-47,49-50,52-56H,14H2,1-2H3/b10-5-/t15-,16-,25+,28-,29-,31+,32+,33+,34+,35-,37-,39+,40+,41-,42-/m0/s1. The zero-order chi connectivity index (χ0) is 46.3. The predicted molar refractivity (Wildman–Crippen MR) is 212 cm³/mol. The molecule has 3 saturated heterocycles. The molecule has 22 nitrogen and oxygen atoms in total. The van der Waals surface area contributed by atoms with Gasteiger partial charge < -0.3 is 98.9 Å². The van der Waals surface area contributed by atoms with Crippen LogP contribution in [-0.4, -0.2) is 166 Å². The molecule has 0 amide bonds. The lowest BCUT2D eigenvalue weighted by atomic mass is 9.97. The number of aliphatic hydroxyl groups excluding tert-OH is 7. The average Bonchev–Trinajstić information content (AvgIpc) is 3.25. The fourth-order valence-electron chi connectivity index (χ4n) is 7.30. The molecule has 4 aromatic rings. The monoisotopic (exact) mass is 902 g/mol. The summed E-state index contributed by atoms with van der Waals surface area (Å²) in [6.45, 7) is 1.93. The van der Waals surface area contributed by atoms with Gasteiger partial charge in [0.2, 0.25) is 17.5 Å². The molecule has 1 aromatic heterocycles. The first-order valence-corrected chi connectivity index (χ1v) is 19.7. The van der Waals surface area contributed by atoms with Crippen LogP contribution in [0.4, 0.5) is 0 Å². The number of aromatic hydroxyl groups is 5. The van der Waals surface area contributed by atoms with E-state index in [1.54, 1.807) is 0 Å². The van der Waals surface area contributed by atoms with Crippen molar-refractivity contribution < 1.29 is 104 Å². The molecule has 7 rings (SSSR count). The fourth-order valence-corrected chi connectivity index (χ4v) is 7.30. The summed E-state index contributed by atoms with van der Waals surface area (Å²) in [6.07, 6.45) is -24.0. The Labute approximate surface area is 361 Å². The number of aliphatic hydroxyl groups is 7. The van der Waals surface area contributed by atoms with Crippen molar-refractivity contribution in [2.24, 2.45) is 0 Å². The molecular weight excluding hydrogens is 856 g/mol. The highest BCUT2D eigenvalue weighted by Gasteiger charge is 2.54. The molecule has 0 aliphatic carbocycles. The molecule has 3 aromatic carbocycles. The number of ether oxygens (including phenoxy) is 7. The second-order valence-corrected chi connectivity index (χ2v) is 15.4. The van der Waals surface area contributed by atoms with Crippen LogP contribution in [0, 0.1) is 0 Å². The minimum Gasteiger partial charge on any atom is -0.508 e. The first kappa shape index (κ1) is 46.4. The maximum absolute atomic E-state index is 14.4. The molecule has 15 atom stereocenters. The Hall–Kier alpha value is -5.60. The average molecular weight is 903 g/mol. The van der Waals surface area contributed by atoms with E-state index in [1.807, 2.05) is 0 Å². The van der Waals surface area contributed by atoms with Gasteiger partial charge in [0.1, 0.15) is 77.0 Å². The Bertz CT molecular complexity index is 2380. The van der Waals surface area contributed by atoms with Gasteiger partial charge in [0.05, 0.1) is 18.8 Å². The zero-order valence-corrected chi connectivity index (χ0v) is 33.7. The smallest absolute Gasteiger partial charge is 0.331 e. The molecule has 3 aliphatic heterocycles. The molecule has 346 valence electrons. The highest BCUT2D eigenvalue weighted by molar-refractivity contribution is 5.89. The largest absolute Gasteiger partial charge is 0.508 e. The predicted octanol–water partition coefficient (Wildman–Crippen LogP) is -0.865. The van der Waals surface area contributed by atoms with Crippen LogP contribution in [0.3, 0.4) is 0 Å². The number of hydrogen-bond acceptors (Lipinski definition) is 22. The number of carbonyl (C=O) groups excluding carboxylic acids is 1. The Kier molecular flexibility index (Phi) is 13.7. The summed E-state index contributed by atoms with van der Waals surface area (Å²) in [4.78, 5) is 27.8. The lowest BCUT2D eigenvalue weighted by Gasteiger charge is -2.47. The summed E-state index contributed by atoms with van der Waals surface area (Å²) in [7, 11) is 0. The van der Waals surface area contributed by atoms with Crippen molar-refractivity contribution in [3.05, 3.63) is 76.5 Å². The lowest BCUT2D eigenvalue weighted by molar-refractivity contribution is -0.360. The Balaban J connectivity index is 1.32. The maximum Gasteiger partial charge on any atom is 0.331 e. The maximum atomic E-state index is 14.4. The van der Waals surface area contributed by atoms with Crippen molar-refractivity contribution in [2.75, 3.05) is 6.61 Å². The van der Waals surface area contributed by atoms with Crippen LogP contribution in [0.15, 0.2) is 69.9 Å². The third kappa shape index (κ3) is 9.44. The van der Waals surface area contributed by atoms with E-state index in [0.29, 0.717) is 5.56 Å². The van der Waals surface area contributed by atoms with Crippen LogP contribution >= 0.6 is 0 Å². The topological polar surface area (TPSA) is 355 Å². The normalized spacial score (nSPS) is 33.3. The van der Waals surface area contributed by atoms with E-state index in [1.165, 1.54) is 50.3 Å². The summed E-state index contributed by atoms with van der Waals surface area (Å²) in [5.41, 5.74) is -1.22. The van der Waals surface area contributed by atoms with Crippen molar-refractivity contribution in [1.82, 2.24) is 0 Å². The van der Waals surface area contributed by atoms with Crippen LogP contribution in [0.2, 0.25) is 0 Å². The Morgan fingerprint density at radius 1 is 0.656 bits per heavy atom. The van der Waals surface area contributed by atoms with E-state index in [9.17, 15) is 70.9 Å². The number of phenolic OH excluding ortho intramolecular Hbond substituents is 5. The van der Waals surface area contributed by atoms with E-state index < -0.39 is 150 Å². The van der Waals surface area contributed by atoms with Gasteiger partial charge in [-0.2, -0.15) is 0 Å².